The second-order valence-electron chi connectivity index (χ2n) is 5.34. The zero-order chi connectivity index (χ0) is 16.9. The van der Waals surface area contributed by atoms with Gasteiger partial charge in [-0.25, -0.2) is 0 Å². The standard InChI is InChI=1S/C21H14Br2O/c22-19-11-9-17(10-12-19)16-5-7-18(8-6-16)21(24)13-4-15-2-1-3-20(23)14-15/h1-14H/b13-4+. The van der Waals surface area contributed by atoms with E-state index in [2.05, 4.69) is 31.9 Å². The number of rotatable bonds is 4. The summed E-state index contributed by atoms with van der Waals surface area (Å²) in [6.45, 7) is 0. The molecule has 0 unspecified atom stereocenters. The minimum absolute atomic E-state index is 0.00247. The van der Waals surface area contributed by atoms with Crippen LogP contribution in [-0.4, -0.2) is 5.78 Å². The zero-order valence-electron chi connectivity index (χ0n) is 12.7. The van der Waals surface area contributed by atoms with Crippen LogP contribution in [0.3, 0.4) is 0 Å². The molecule has 0 fully saturated rings. The molecule has 0 saturated carbocycles. The monoisotopic (exact) mass is 440 g/mol. The molecule has 0 atom stereocenters. The van der Waals surface area contributed by atoms with Crippen molar-refractivity contribution in [3.8, 4) is 11.1 Å². The van der Waals surface area contributed by atoms with Gasteiger partial charge in [0.25, 0.3) is 0 Å². The molecule has 3 aromatic carbocycles. The van der Waals surface area contributed by atoms with Crippen LogP contribution in [0.15, 0.2) is 87.8 Å². The maximum absolute atomic E-state index is 12.3. The molecule has 24 heavy (non-hydrogen) atoms. The first kappa shape index (κ1) is 16.9. The molecule has 0 saturated heterocycles. The Hall–Kier alpha value is -1.97. The van der Waals surface area contributed by atoms with Crippen LogP contribution in [0.1, 0.15) is 15.9 Å². The highest BCUT2D eigenvalue weighted by molar-refractivity contribution is 9.10. The summed E-state index contributed by atoms with van der Waals surface area (Å²) in [4.78, 5) is 12.3. The van der Waals surface area contributed by atoms with Gasteiger partial charge in [-0.15, -0.1) is 0 Å². The fourth-order valence-electron chi connectivity index (χ4n) is 2.35. The third kappa shape index (κ3) is 4.31. The van der Waals surface area contributed by atoms with Crippen LogP contribution in [0.2, 0.25) is 0 Å². The Bertz CT molecular complexity index is 878. The van der Waals surface area contributed by atoms with Crippen molar-refractivity contribution >= 4 is 43.7 Å². The molecule has 3 aromatic rings. The van der Waals surface area contributed by atoms with Gasteiger partial charge < -0.3 is 0 Å². The minimum atomic E-state index is -0.00247. The normalized spacial score (nSPS) is 10.9. The molecule has 0 amide bonds. The molecule has 0 radical (unpaired) electrons. The van der Waals surface area contributed by atoms with Crippen LogP contribution in [0.5, 0.6) is 0 Å². The maximum Gasteiger partial charge on any atom is 0.185 e. The molecular formula is C21H14Br2O. The first-order valence-electron chi connectivity index (χ1n) is 7.46. The highest BCUT2D eigenvalue weighted by Crippen LogP contribution is 2.22. The smallest absolute Gasteiger partial charge is 0.185 e. The summed E-state index contributed by atoms with van der Waals surface area (Å²) in [7, 11) is 0. The van der Waals surface area contributed by atoms with Gasteiger partial charge in [-0.2, -0.15) is 0 Å². The average Bonchev–Trinajstić information content (AvgIpc) is 2.61. The van der Waals surface area contributed by atoms with Crippen LogP contribution < -0.4 is 0 Å². The molecule has 118 valence electrons. The quantitative estimate of drug-likeness (QED) is 0.322. The molecule has 0 aliphatic rings. The van der Waals surface area contributed by atoms with Crippen molar-refractivity contribution in [2.45, 2.75) is 0 Å². The third-order valence-corrected chi connectivity index (χ3v) is 4.64. The minimum Gasteiger partial charge on any atom is -0.289 e. The Morgan fingerprint density at radius 1 is 0.750 bits per heavy atom. The largest absolute Gasteiger partial charge is 0.289 e. The number of hydrogen-bond acceptors (Lipinski definition) is 1. The first-order valence-corrected chi connectivity index (χ1v) is 9.04. The van der Waals surface area contributed by atoms with Gasteiger partial charge in [0, 0.05) is 14.5 Å². The molecule has 0 heterocycles. The van der Waals surface area contributed by atoms with Crippen molar-refractivity contribution < 1.29 is 4.79 Å². The van der Waals surface area contributed by atoms with Crippen LogP contribution >= 0.6 is 31.9 Å². The van der Waals surface area contributed by atoms with E-state index in [4.69, 9.17) is 0 Å². The number of carbonyl (C=O) groups is 1. The lowest BCUT2D eigenvalue weighted by molar-refractivity contribution is 0.104. The first-order chi connectivity index (χ1) is 11.6. The van der Waals surface area contributed by atoms with Crippen molar-refractivity contribution in [2.24, 2.45) is 0 Å². The predicted molar refractivity (Wildman–Crippen MR) is 107 cm³/mol. The van der Waals surface area contributed by atoms with E-state index in [9.17, 15) is 4.79 Å². The Kier molecular flexibility index (Phi) is 5.44. The van der Waals surface area contributed by atoms with Crippen molar-refractivity contribution in [2.75, 3.05) is 0 Å². The summed E-state index contributed by atoms with van der Waals surface area (Å²) < 4.78 is 2.05. The second-order valence-corrected chi connectivity index (χ2v) is 7.17. The lowest BCUT2D eigenvalue weighted by Crippen LogP contribution is -1.93. The molecule has 0 aliphatic heterocycles. The summed E-state index contributed by atoms with van der Waals surface area (Å²) in [5.74, 6) is -0.00247. The summed E-state index contributed by atoms with van der Waals surface area (Å²) in [6, 6.07) is 23.6. The molecule has 1 nitrogen and oxygen atoms in total. The molecule has 0 spiro atoms. The van der Waals surface area contributed by atoms with Gasteiger partial charge in [0.2, 0.25) is 0 Å². The number of benzene rings is 3. The highest BCUT2D eigenvalue weighted by atomic mass is 79.9. The summed E-state index contributed by atoms with van der Waals surface area (Å²) in [6.07, 6.45) is 3.44. The second kappa shape index (κ2) is 7.73. The van der Waals surface area contributed by atoms with E-state index in [-0.39, 0.29) is 5.78 Å². The van der Waals surface area contributed by atoms with Crippen molar-refractivity contribution in [1.82, 2.24) is 0 Å². The Labute approximate surface area is 158 Å². The molecule has 0 N–H and O–H groups in total. The van der Waals surface area contributed by atoms with Crippen molar-refractivity contribution in [3.05, 3.63) is 98.9 Å². The topological polar surface area (TPSA) is 17.1 Å². The molecule has 0 bridgehead atoms. The lowest BCUT2D eigenvalue weighted by atomic mass is 10.0. The number of hydrogen-bond donors (Lipinski definition) is 0. The van der Waals surface area contributed by atoms with E-state index in [0.29, 0.717) is 5.56 Å². The average molecular weight is 442 g/mol. The van der Waals surface area contributed by atoms with E-state index in [1.54, 1.807) is 6.08 Å². The molecule has 3 heteroatoms. The van der Waals surface area contributed by atoms with Crippen LogP contribution in [0.4, 0.5) is 0 Å². The van der Waals surface area contributed by atoms with E-state index >= 15 is 0 Å². The summed E-state index contributed by atoms with van der Waals surface area (Å²) >= 11 is 6.86. The zero-order valence-corrected chi connectivity index (χ0v) is 15.9. The molecular weight excluding hydrogens is 428 g/mol. The third-order valence-electron chi connectivity index (χ3n) is 3.62. The van der Waals surface area contributed by atoms with Gasteiger partial charge >= 0.3 is 0 Å². The Morgan fingerprint density at radius 3 is 2.00 bits per heavy atom. The number of ketones is 1. The fraction of sp³-hybridized carbons (Fsp3) is 0. The van der Waals surface area contributed by atoms with E-state index in [0.717, 1.165) is 25.6 Å². The number of halogens is 2. The van der Waals surface area contributed by atoms with Gasteiger partial charge in [-0.3, -0.25) is 4.79 Å². The molecule has 0 aromatic heterocycles. The Morgan fingerprint density at radius 2 is 1.38 bits per heavy atom. The summed E-state index contributed by atoms with van der Waals surface area (Å²) in [5, 5.41) is 0. The van der Waals surface area contributed by atoms with Gasteiger partial charge in [-0.1, -0.05) is 86.5 Å². The molecule has 0 aliphatic carbocycles. The Balaban J connectivity index is 1.75. The van der Waals surface area contributed by atoms with E-state index in [1.807, 2.05) is 78.9 Å². The SMILES string of the molecule is O=C(/C=C/c1cccc(Br)c1)c1ccc(-c2ccc(Br)cc2)cc1. The van der Waals surface area contributed by atoms with Gasteiger partial charge in [0.15, 0.2) is 5.78 Å². The number of carbonyl (C=O) groups excluding carboxylic acids is 1. The van der Waals surface area contributed by atoms with Crippen LogP contribution in [0.25, 0.3) is 17.2 Å². The summed E-state index contributed by atoms with van der Waals surface area (Å²) in [5.41, 5.74) is 3.89. The van der Waals surface area contributed by atoms with Crippen molar-refractivity contribution in [3.63, 3.8) is 0 Å². The van der Waals surface area contributed by atoms with Gasteiger partial charge in [0.05, 0.1) is 0 Å². The lowest BCUT2D eigenvalue weighted by Gasteiger charge is -2.03. The molecule has 3 rings (SSSR count). The predicted octanol–water partition coefficient (Wildman–Crippen LogP) is 6.77. The maximum atomic E-state index is 12.3. The van der Waals surface area contributed by atoms with Crippen LogP contribution in [-0.2, 0) is 0 Å². The van der Waals surface area contributed by atoms with Crippen molar-refractivity contribution in [1.29, 1.82) is 0 Å². The van der Waals surface area contributed by atoms with E-state index < -0.39 is 0 Å². The number of allylic oxidation sites excluding steroid dienone is 1. The van der Waals surface area contributed by atoms with E-state index in [1.165, 1.54) is 0 Å². The highest BCUT2D eigenvalue weighted by Gasteiger charge is 2.03. The van der Waals surface area contributed by atoms with Gasteiger partial charge in [0.1, 0.15) is 0 Å². The fourth-order valence-corrected chi connectivity index (χ4v) is 3.03. The van der Waals surface area contributed by atoms with Crippen LogP contribution in [0, 0.1) is 0 Å². The van der Waals surface area contributed by atoms with Gasteiger partial charge in [-0.05, 0) is 47.0 Å².